The number of nitrogens with one attached hydrogen (secondary N) is 1. The Morgan fingerprint density at radius 1 is 1.40 bits per heavy atom. The molecule has 0 fully saturated rings. The Morgan fingerprint density at radius 3 is 2.70 bits per heavy atom. The van der Waals surface area contributed by atoms with Crippen molar-refractivity contribution in [2.24, 2.45) is 0 Å². The molecule has 5 nitrogen and oxygen atoms in total. The Balaban J connectivity index is 2.01. The lowest BCUT2D eigenvalue weighted by atomic mass is 10.1. The van der Waals surface area contributed by atoms with Gasteiger partial charge in [-0.3, -0.25) is 4.79 Å². The van der Waals surface area contributed by atoms with Gasteiger partial charge in [-0.1, -0.05) is 30.5 Å². The minimum absolute atomic E-state index is 0.159. The summed E-state index contributed by atoms with van der Waals surface area (Å²) in [6.45, 7) is 4.38. The second-order valence-corrected chi connectivity index (χ2v) is 5.39. The number of aromatic nitrogens is 2. The minimum atomic E-state index is -0.159. The topological polar surface area (TPSA) is 78.7 Å². The van der Waals surface area contributed by atoms with E-state index in [2.05, 4.69) is 21.0 Å². The van der Waals surface area contributed by atoms with Crippen molar-refractivity contribution in [3.8, 4) is 6.07 Å². The normalized spacial score (nSPS) is 10.3. The summed E-state index contributed by atoms with van der Waals surface area (Å²) in [7, 11) is 0. The van der Waals surface area contributed by atoms with Crippen molar-refractivity contribution in [2.75, 3.05) is 0 Å². The Labute approximate surface area is 121 Å². The molecule has 0 aliphatic carbocycles. The summed E-state index contributed by atoms with van der Waals surface area (Å²) in [6.07, 6.45) is 0. The van der Waals surface area contributed by atoms with E-state index in [1.54, 1.807) is 12.1 Å². The van der Waals surface area contributed by atoms with Crippen molar-refractivity contribution < 1.29 is 4.79 Å². The summed E-state index contributed by atoms with van der Waals surface area (Å²) in [5, 5.41) is 15.6. The number of benzene rings is 1. The molecule has 0 spiro atoms. The lowest BCUT2D eigenvalue weighted by molar-refractivity contribution is 0.0953. The molecule has 0 radical (unpaired) electrons. The summed E-state index contributed by atoms with van der Waals surface area (Å²) in [4.78, 5) is 12.7. The van der Waals surface area contributed by atoms with E-state index >= 15 is 0 Å². The lowest BCUT2D eigenvalue weighted by Gasteiger charge is -2.06. The predicted octanol–water partition coefficient (Wildman–Crippen LogP) is 2.46. The van der Waals surface area contributed by atoms with Crippen molar-refractivity contribution in [1.82, 2.24) is 14.9 Å². The third kappa shape index (κ3) is 3.19. The largest absolute Gasteiger partial charge is 0.347 e. The van der Waals surface area contributed by atoms with E-state index in [0.717, 1.165) is 22.8 Å². The van der Waals surface area contributed by atoms with Gasteiger partial charge in [0, 0.05) is 6.54 Å². The molecule has 0 saturated carbocycles. The van der Waals surface area contributed by atoms with Gasteiger partial charge in [-0.25, -0.2) is 0 Å². The van der Waals surface area contributed by atoms with Crippen LogP contribution in [0.1, 0.15) is 46.3 Å². The average Bonchev–Trinajstić information content (AvgIpc) is 2.95. The van der Waals surface area contributed by atoms with Gasteiger partial charge in [0.1, 0.15) is 4.88 Å². The highest BCUT2D eigenvalue weighted by Crippen LogP contribution is 2.19. The third-order valence-corrected chi connectivity index (χ3v) is 3.54. The summed E-state index contributed by atoms with van der Waals surface area (Å²) in [5.41, 5.74) is 2.28. The van der Waals surface area contributed by atoms with Gasteiger partial charge in [-0.05, 0) is 35.1 Å². The third-order valence-electron chi connectivity index (χ3n) is 2.80. The molecular formula is C14H14N4OS. The molecule has 1 aromatic heterocycles. The van der Waals surface area contributed by atoms with Crippen LogP contribution in [-0.2, 0) is 6.54 Å². The second kappa shape index (κ2) is 6.26. The summed E-state index contributed by atoms with van der Waals surface area (Å²) in [5.74, 6) is 0.0115. The maximum Gasteiger partial charge on any atom is 0.265 e. The second-order valence-electron chi connectivity index (χ2n) is 4.63. The van der Waals surface area contributed by atoms with E-state index in [-0.39, 0.29) is 11.8 Å². The fourth-order valence-corrected chi connectivity index (χ4v) is 2.43. The van der Waals surface area contributed by atoms with Crippen LogP contribution in [0.2, 0.25) is 0 Å². The van der Waals surface area contributed by atoms with E-state index in [4.69, 9.17) is 5.26 Å². The lowest BCUT2D eigenvalue weighted by Crippen LogP contribution is -2.23. The van der Waals surface area contributed by atoms with Crippen molar-refractivity contribution in [1.29, 1.82) is 5.26 Å². The van der Waals surface area contributed by atoms with E-state index < -0.39 is 0 Å². The first-order valence-electron chi connectivity index (χ1n) is 6.21. The zero-order chi connectivity index (χ0) is 14.5. The van der Waals surface area contributed by atoms with Crippen LogP contribution in [0.4, 0.5) is 0 Å². The molecule has 0 bridgehead atoms. The van der Waals surface area contributed by atoms with Crippen molar-refractivity contribution in [3.05, 3.63) is 46.0 Å². The molecular weight excluding hydrogens is 272 g/mol. The van der Waals surface area contributed by atoms with Gasteiger partial charge in [0.2, 0.25) is 0 Å². The Kier molecular flexibility index (Phi) is 4.43. The summed E-state index contributed by atoms with van der Waals surface area (Å²) < 4.78 is 3.84. The molecule has 1 N–H and O–H groups in total. The van der Waals surface area contributed by atoms with E-state index in [0.29, 0.717) is 17.0 Å². The number of nitrogens with zero attached hydrogens (tertiary/aromatic N) is 3. The number of hydrogen-bond acceptors (Lipinski definition) is 5. The molecule has 1 aromatic carbocycles. The van der Waals surface area contributed by atoms with Crippen LogP contribution in [0.3, 0.4) is 0 Å². The molecule has 102 valence electrons. The van der Waals surface area contributed by atoms with Gasteiger partial charge in [0.25, 0.3) is 5.91 Å². The van der Waals surface area contributed by atoms with Crippen LogP contribution >= 0.6 is 11.5 Å². The molecule has 0 atom stereocenters. The monoisotopic (exact) mass is 286 g/mol. The smallest absolute Gasteiger partial charge is 0.265 e. The zero-order valence-corrected chi connectivity index (χ0v) is 12.1. The first kappa shape index (κ1) is 14.2. The first-order chi connectivity index (χ1) is 9.61. The molecule has 0 saturated heterocycles. The number of nitriles is 1. The average molecular weight is 286 g/mol. The van der Waals surface area contributed by atoms with Gasteiger partial charge in [0.15, 0.2) is 0 Å². The SMILES string of the molecule is CC(C)c1nnsc1C(=O)NCc1ccc(C#N)cc1. The molecule has 0 unspecified atom stereocenters. The van der Waals surface area contributed by atoms with Gasteiger partial charge >= 0.3 is 0 Å². The van der Waals surface area contributed by atoms with Gasteiger partial charge in [-0.2, -0.15) is 5.26 Å². The Hall–Kier alpha value is -2.26. The summed E-state index contributed by atoms with van der Waals surface area (Å²) >= 11 is 1.11. The zero-order valence-electron chi connectivity index (χ0n) is 11.3. The first-order valence-corrected chi connectivity index (χ1v) is 6.98. The maximum absolute atomic E-state index is 12.1. The number of carbonyl (C=O) groups is 1. The van der Waals surface area contributed by atoms with E-state index in [1.807, 2.05) is 26.0 Å². The quantitative estimate of drug-likeness (QED) is 0.936. The molecule has 1 amide bonds. The fourth-order valence-electron chi connectivity index (χ4n) is 1.69. The van der Waals surface area contributed by atoms with Crippen molar-refractivity contribution in [2.45, 2.75) is 26.3 Å². The number of carbonyl (C=O) groups excluding carboxylic acids is 1. The number of rotatable bonds is 4. The highest BCUT2D eigenvalue weighted by atomic mass is 32.1. The number of hydrogen-bond donors (Lipinski definition) is 1. The maximum atomic E-state index is 12.1. The standard InChI is InChI=1S/C14H14N4OS/c1-9(2)12-13(20-18-17-12)14(19)16-8-11-5-3-10(7-15)4-6-11/h3-6,9H,8H2,1-2H3,(H,16,19). The van der Waals surface area contributed by atoms with E-state index in [1.165, 1.54) is 0 Å². The van der Waals surface area contributed by atoms with Crippen LogP contribution in [0, 0.1) is 11.3 Å². The fraction of sp³-hybridized carbons (Fsp3) is 0.286. The molecule has 0 aliphatic rings. The molecule has 2 aromatic rings. The highest BCUT2D eigenvalue weighted by Gasteiger charge is 2.18. The van der Waals surface area contributed by atoms with Crippen LogP contribution in [0.15, 0.2) is 24.3 Å². The van der Waals surface area contributed by atoms with Crippen LogP contribution in [-0.4, -0.2) is 15.5 Å². The van der Waals surface area contributed by atoms with E-state index in [9.17, 15) is 4.79 Å². The van der Waals surface area contributed by atoms with Crippen LogP contribution in [0.5, 0.6) is 0 Å². The molecule has 1 heterocycles. The Morgan fingerprint density at radius 2 is 2.10 bits per heavy atom. The van der Waals surface area contributed by atoms with Gasteiger partial charge < -0.3 is 5.32 Å². The van der Waals surface area contributed by atoms with Crippen molar-refractivity contribution in [3.63, 3.8) is 0 Å². The molecule has 0 aliphatic heterocycles. The molecule has 6 heteroatoms. The van der Waals surface area contributed by atoms with Gasteiger partial charge in [-0.15, -0.1) is 5.10 Å². The summed E-state index contributed by atoms with van der Waals surface area (Å²) in [6, 6.07) is 9.18. The predicted molar refractivity (Wildman–Crippen MR) is 76.3 cm³/mol. The Bertz CT molecular complexity index is 640. The molecule has 2 rings (SSSR count). The number of amides is 1. The van der Waals surface area contributed by atoms with Gasteiger partial charge in [0.05, 0.1) is 17.3 Å². The highest BCUT2D eigenvalue weighted by molar-refractivity contribution is 7.08. The minimum Gasteiger partial charge on any atom is -0.347 e. The van der Waals surface area contributed by atoms with Crippen molar-refractivity contribution >= 4 is 17.4 Å². The van der Waals surface area contributed by atoms with Crippen LogP contribution < -0.4 is 5.32 Å². The van der Waals surface area contributed by atoms with Crippen LogP contribution in [0.25, 0.3) is 0 Å². The molecule has 20 heavy (non-hydrogen) atoms.